The van der Waals surface area contributed by atoms with Crippen LogP contribution in [0.5, 0.6) is 0 Å². The molecule has 1 aromatic carbocycles. The molecule has 1 aliphatic heterocycles. The summed E-state index contributed by atoms with van der Waals surface area (Å²) < 4.78 is 28.0. The minimum absolute atomic E-state index is 0.137. The molecule has 2 aromatic rings. The number of sulfonamides is 1. The first-order valence-corrected chi connectivity index (χ1v) is 10.00. The molecule has 9 nitrogen and oxygen atoms in total. The minimum atomic E-state index is -3.94. The first kappa shape index (κ1) is 19.6. The van der Waals surface area contributed by atoms with Crippen molar-refractivity contribution in [1.29, 1.82) is 5.26 Å². The SMILES string of the molecule is COC(=O)c1cc(S(N)(=O)=O)ccc1N1CCN(c2ncccc2C#N)CC1. The van der Waals surface area contributed by atoms with E-state index in [-0.39, 0.29) is 10.5 Å². The number of ether oxygens (including phenoxy) is 1. The van der Waals surface area contributed by atoms with Gasteiger partial charge in [0.1, 0.15) is 11.9 Å². The molecule has 28 heavy (non-hydrogen) atoms. The lowest BCUT2D eigenvalue weighted by Crippen LogP contribution is -2.47. The summed E-state index contributed by atoms with van der Waals surface area (Å²) in [5, 5.41) is 14.4. The van der Waals surface area contributed by atoms with Crippen LogP contribution in [0.4, 0.5) is 11.5 Å². The van der Waals surface area contributed by atoms with E-state index in [2.05, 4.69) is 11.1 Å². The van der Waals surface area contributed by atoms with Crippen LogP contribution in [0.1, 0.15) is 15.9 Å². The summed E-state index contributed by atoms with van der Waals surface area (Å²) in [5.41, 5.74) is 1.21. The maximum absolute atomic E-state index is 12.2. The van der Waals surface area contributed by atoms with Gasteiger partial charge in [0.25, 0.3) is 0 Å². The van der Waals surface area contributed by atoms with E-state index in [0.717, 1.165) is 0 Å². The van der Waals surface area contributed by atoms with Crippen LogP contribution in [0.15, 0.2) is 41.4 Å². The zero-order valence-electron chi connectivity index (χ0n) is 15.2. The summed E-state index contributed by atoms with van der Waals surface area (Å²) in [7, 11) is -2.71. The molecule has 0 atom stereocenters. The summed E-state index contributed by atoms with van der Waals surface area (Å²) in [5.74, 6) is -0.0122. The van der Waals surface area contributed by atoms with Gasteiger partial charge in [0.05, 0.1) is 28.8 Å². The van der Waals surface area contributed by atoms with E-state index < -0.39 is 16.0 Å². The maximum Gasteiger partial charge on any atom is 0.340 e. The molecule has 0 saturated carbocycles. The minimum Gasteiger partial charge on any atom is -0.465 e. The van der Waals surface area contributed by atoms with E-state index in [9.17, 15) is 18.5 Å². The molecule has 0 unspecified atom stereocenters. The Balaban J connectivity index is 1.86. The number of pyridine rings is 1. The number of anilines is 2. The van der Waals surface area contributed by atoms with Gasteiger partial charge >= 0.3 is 5.97 Å². The van der Waals surface area contributed by atoms with Gasteiger partial charge in [-0.1, -0.05) is 0 Å². The molecule has 1 fully saturated rings. The van der Waals surface area contributed by atoms with Crippen LogP contribution in [0.3, 0.4) is 0 Å². The number of benzene rings is 1. The number of piperazine rings is 1. The van der Waals surface area contributed by atoms with Crippen molar-refractivity contribution in [3.8, 4) is 6.07 Å². The van der Waals surface area contributed by atoms with E-state index >= 15 is 0 Å². The molecule has 1 aliphatic rings. The normalized spacial score (nSPS) is 14.5. The van der Waals surface area contributed by atoms with Crippen LogP contribution in [-0.2, 0) is 14.8 Å². The number of carbonyl (C=O) groups excluding carboxylic acids is 1. The number of nitrogens with zero attached hydrogens (tertiary/aromatic N) is 4. The summed E-state index contributed by atoms with van der Waals surface area (Å²) >= 11 is 0. The molecule has 0 radical (unpaired) electrons. The number of nitriles is 1. The number of methoxy groups -OCH3 is 1. The highest BCUT2D eigenvalue weighted by atomic mass is 32.2. The molecule has 0 spiro atoms. The van der Waals surface area contributed by atoms with Gasteiger partial charge in [-0.15, -0.1) is 0 Å². The Labute approximate surface area is 163 Å². The molecule has 10 heteroatoms. The van der Waals surface area contributed by atoms with Crippen molar-refractivity contribution >= 4 is 27.5 Å². The van der Waals surface area contributed by atoms with Crippen molar-refractivity contribution in [1.82, 2.24) is 4.98 Å². The van der Waals surface area contributed by atoms with E-state index in [4.69, 9.17) is 9.88 Å². The van der Waals surface area contributed by atoms with Crippen molar-refractivity contribution in [2.75, 3.05) is 43.1 Å². The monoisotopic (exact) mass is 401 g/mol. The van der Waals surface area contributed by atoms with Gasteiger partial charge in [-0.25, -0.2) is 23.3 Å². The first-order chi connectivity index (χ1) is 13.3. The number of hydrogen-bond donors (Lipinski definition) is 1. The Morgan fingerprint density at radius 2 is 1.89 bits per heavy atom. The topological polar surface area (TPSA) is 130 Å². The van der Waals surface area contributed by atoms with Gasteiger partial charge in [0, 0.05) is 32.4 Å². The van der Waals surface area contributed by atoms with Crippen molar-refractivity contribution in [2.45, 2.75) is 4.90 Å². The van der Waals surface area contributed by atoms with Crippen LogP contribution in [-0.4, -0.2) is 52.7 Å². The zero-order valence-corrected chi connectivity index (χ0v) is 16.0. The molecule has 146 valence electrons. The van der Waals surface area contributed by atoms with E-state index in [1.54, 1.807) is 24.4 Å². The molecule has 3 rings (SSSR count). The standard InChI is InChI=1S/C18H19N5O4S/c1-27-18(24)15-11-14(28(20,25)26)4-5-16(15)22-7-9-23(10-8-22)17-13(12-19)3-2-6-21-17/h2-6,11H,7-10H2,1H3,(H2,20,25,26). The number of hydrogen-bond acceptors (Lipinski definition) is 8. The third kappa shape index (κ3) is 3.90. The fourth-order valence-electron chi connectivity index (χ4n) is 3.14. The third-order valence-corrected chi connectivity index (χ3v) is 5.44. The predicted molar refractivity (Wildman–Crippen MR) is 103 cm³/mol. The summed E-state index contributed by atoms with van der Waals surface area (Å²) in [4.78, 5) is 20.3. The number of esters is 1. The molecular formula is C18H19N5O4S. The molecular weight excluding hydrogens is 382 g/mol. The van der Waals surface area contributed by atoms with E-state index in [0.29, 0.717) is 43.2 Å². The molecule has 2 heterocycles. The van der Waals surface area contributed by atoms with Gasteiger partial charge < -0.3 is 14.5 Å². The highest BCUT2D eigenvalue weighted by molar-refractivity contribution is 7.89. The molecule has 0 amide bonds. The van der Waals surface area contributed by atoms with E-state index in [1.165, 1.54) is 19.2 Å². The van der Waals surface area contributed by atoms with Crippen molar-refractivity contribution in [3.05, 3.63) is 47.7 Å². The average molecular weight is 401 g/mol. The lowest BCUT2D eigenvalue weighted by molar-refractivity contribution is 0.0601. The van der Waals surface area contributed by atoms with E-state index in [1.807, 2.05) is 9.80 Å². The third-order valence-electron chi connectivity index (χ3n) is 4.53. The van der Waals surface area contributed by atoms with Gasteiger partial charge in [-0.05, 0) is 30.3 Å². The second-order valence-electron chi connectivity index (χ2n) is 6.18. The Morgan fingerprint density at radius 3 is 2.50 bits per heavy atom. The second-order valence-corrected chi connectivity index (χ2v) is 7.74. The van der Waals surface area contributed by atoms with Gasteiger partial charge in [-0.3, -0.25) is 0 Å². The predicted octanol–water partition coefficient (Wildman–Crippen LogP) is 0.714. The Morgan fingerprint density at radius 1 is 1.21 bits per heavy atom. The number of aromatic nitrogens is 1. The number of nitrogens with two attached hydrogens (primary N) is 1. The van der Waals surface area contributed by atoms with Crippen LogP contribution in [0.25, 0.3) is 0 Å². The van der Waals surface area contributed by atoms with Crippen molar-refractivity contribution in [2.24, 2.45) is 5.14 Å². The van der Waals surface area contributed by atoms with Crippen LogP contribution < -0.4 is 14.9 Å². The van der Waals surface area contributed by atoms with Gasteiger partial charge in [0.2, 0.25) is 10.0 Å². The highest BCUT2D eigenvalue weighted by Crippen LogP contribution is 2.27. The fraction of sp³-hybridized carbons (Fsp3) is 0.278. The van der Waals surface area contributed by atoms with Gasteiger partial charge in [-0.2, -0.15) is 5.26 Å². The molecule has 2 N–H and O–H groups in total. The lowest BCUT2D eigenvalue weighted by atomic mass is 10.1. The number of carbonyl (C=O) groups is 1. The van der Waals surface area contributed by atoms with Crippen molar-refractivity contribution in [3.63, 3.8) is 0 Å². The largest absolute Gasteiger partial charge is 0.465 e. The zero-order chi connectivity index (χ0) is 20.3. The quantitative estimate of drug-likeness (QED) is 0.742. The highest BCUT2D eigenvalue weighted by Gasteiger charge is 2.25. The Bertz CT molecular complexity index is 1040. The van der Waals surface area contributed by atoms with Gasteiger partial charge in [0.15, 0.2) is 0 Å². The summed E-state index contributed by atoms with van der Waals surface area (Å²) in [6, 6.07) is 9.74. The Hall–Kier alpha value is -3.16. The second kappa shape index (κ2) is 7.84. The smallest absolute Gasteiger partial charge is 0.340 e. The fourth-order valence-corrected chi connectivity index (χ4v) is 3.68. The summed E-state index contributed by atoms with van der Waals surface area (Å²) in [6.45, 7) is 2.28. The number of primary sulfonamides is 1. The molecule has 0 aliphatic carbocycles. The van der Waals surface area contributed by atoms with Crippen LogP contribution in [0, 0.1) is 11.3 Å². The Kier molecular flexibility index (Phi) is 5.48. The molecule has 0 bridgehead atoms. The first-order valence-electron chi connectivity index (χ1n) is 8.45. The average Bonchev–Trinajstić information content (AvgIpc) is 2.72. The number of rotatable bonds is 4. The van der Waals surface area contributed by atoms with Crippen LogP contribution >= 0.6 is 0 Å². The molecule has 1 aromatic heterocycles. The van der Waals surface area contributed by atoms with Crippen LogP contribution in [0.2, 0.25) is 0 Å². The lowest BCUT2D eigenvalue weighted by Gasteiger charge is -2.37. The van der Waals surface area contributed by atoms with Crippen molar-refractivity contribution < 1.29 is 17.9 Å². The molecule has 1 saturated heterocycles. The summed E-state index contributed by atoms with van der Waals surface area (Å²) in [6.07, 6.45) is 1.64. The maximum atomic E-state index is 12.2.